The van der Waals surface area contributed by atoms with Crippen LogP contribution in [0.25, 0.3) is 0 Å². The van der Waals surface area contributed by atoms with Crippen molar-refractivity contribution in [2.24, 2.45) is 0 Å². The predicted molar refractivity (Wildman–Crippen MR) is 76.2 cm³/mol. The average molecular weight is 267 g/mol. The zero-order chi connectivity index (χ0) is 13.0. The maximum atomic E-state index is 5.42. The third-order valence-electron chi connectivity index (χ3n) is 3.51. The van der Waals surface area contributed by atoms with E-state index in [1.807, 2.05) is 0 Å². The number of ether oxygens (including phenoxy) is 2. The SMILES string of the molecule is COc1cc(SC)c(C2CCNCC2)cc1OC. The Kier molecular flexibility index (Phi) is 4.78. The van der Waals surface area contributed by atoms with Gasteiger partial charge in [-0.25, -0.2) is 0 Å². The summed E-state index contributed by atoms with van der Waals surface area (Å²) in [5, 5.41) is 3.41. The number of methoxy groups -OCH3 is 2. The smallest absolute Gasteiger partial charge is 0.161 e. The van der Waals surface area contributed by atoms with Gasteiger partial charge in [0, 0.05) is 4.90 Å². The van der Waals surface area contributed by atoms with Crippen molar-refractivity contribution in [2.75, 3.05) is 33.6 Å². The van der Waals surface area contributed by atoms with E-state index in [4.69, 9.17) is 9.47 Å². The number of rotatable bonds is 4. The van der Waals surface area contributed by atoms with E-state index in [0.717, 1.165) is 24.6 Å². The van der Waals surface area contributed by atoms with Crippen LogP contribution in [0.15, 0.2) is 17.0 Å². The molecule has 1 aliphatic rings. The molecule has 2 rings (SSSR count). The third kappa shape index (κ3) is 2.75. The molecule has 3 nitrogen and oxygen atoms in total. The van der Waals surface area contributed by atoms with Crippen molar-refractivity contribution < 1.29 is 9.47 Å². The fourth-order valence-corrected chi connectivity index (χ4v) is 3.19. The second-order valence-electron chi connectivity index (χ2n) is 4.47. The lowest BCUT2D eigenvalue weighted by atomic mass is 9.90. The summed E-state index contributed by atoms with van der Waals surface area (Å²) in [6.07, 6.45) is 4.51. The first kappa shape index (κ1) is 13.6. The van der Waals surface area contributed by atoms with Crippen molar-refractivity contribution in [3.05, 3.63) is 17.7 Å². The van der Waals surface area contributed by atoms with Crippen LogP contribution < -0.4 is 14.8 Å². The number of benzene rings is 1. The first-order valence-electron chi connectivity index (χ1n) is 6.30. The number of hydrogen-bond acceptors (Lipinski definition) is 4. The Balaban J connectivity index is 2.37. The quantitative estimate of drug-likeness (QED) is 0.850. The summed E-state index contributed by atoms with van der Waals surface area (Å²) >= 11 is 1.78. The Bertz CT molecular complexity index is 403. The molecule has 0 aliphatic carbocycles. The molecule has 0 aromatic heterocycles. The van der Waals surface area contributed by atoms with Gasteiger partial charge >= 0.3 is 0 Å². The first-order chi connectivity index (χ1) is 8.80. The molecule has 100 valence electrons. The summed E-state index contributed by atoms with van der Waals surface area (Å²) in [7, 11) is 3.38. The molecule has 0 amide bonds. The molecule has 0 radical (unpaired) electrons. The second kappa shape index (κ2) is 6.34. The maximum absolute atomic E-state index is 5.42. The minimum Gasteiger partial charge on any atom is -0.493 e. The molecule has 0 saturated carbocycles. The summed E-state index contributed by atoms with van der Waals surface area (Å²) in [5.74, 6) is 2.29. The van der Waals surface area contributed by atoms with E-state index in [9.17, 15) is 0 Å². The normalized spacial score (nSPS) is 16.6. The minimum absolute atomic E-state index is 0.633. The van der Waals surface area contributed by atoms with Crippen molar-refractivity contribution in [2.45, 2.75) is 23.7 Å². The summed E-state index contributed by atoms with van der Waals surface area (Å²) in [5.41, 5.74) is 1.40. The summed E-state index contributed by atoms with van der Waals surface area (Å²) in [6, 6.07) is 4.25. The standard InChI is InChI=1S/C14H21NO2S/c1-16-12-8-11(10-4-6-15-7-5-10)14(18-3)9-13(12)17-2/h8-10,15H,4-7H2,1-3H3. The molecule has 1 aliphatic heterocycles. The van der Waals surface area contributed by atoms with Gasteiger partial charge in [-0.2, -0.15) is 0 Å². The Labute approximate surface area is 113 Å². The van der Waals surface area contributed by atoms with Gasteiger partial charge in [-0.3, -0.25) is 0 Å². The highest BCUT2D eigenvalue weighted by Crippen LogP contribution is 2.40. The molecule has 1 aromatic rings. The molecule has 1 fully saturated rings. The van der Waals surface area contributed by atoms with Gasteiger partial charge in [0.2, 0.25) is 0 Å². The molecule has 4 heteroatoms. The largest absolute Gasteiger partial charge is 0.493 e. The topological polar surface area (TPSA) is 30.5 Å². The average Bonchev–Trinajstić information content (AvgIpc) is 2.46. The van der Waals surface area contributed by atoms with Gasteiger partial charge in [0.15, 0.2) is 11.5 Å². The lowest BCUT2D eigenvalue weighted by Crippen LogP contribution is -2.26. The van der Waals surface area contributed by atoms with Gasteiger partial charge in [0.1, 0.15) is 0 Å². The van der Waals surface area contributed by atoms with Gasteiger partial charge in [-0.15, -0.1) is 11.8 Å². The molecule has 0 bridgehead atoms. The zero-order valence-electron chi connectivity index (χ0n) is 11.3. The Morgan fingerprint density at radius 3 is 2.28 bits per heavy atom. The van der Waals surface area contributed by atoms with E-state index >= 15 is 0 Å². The summed E-state index contributed by atoms with van der Waals surface area (Å²) < 4.78 is 10.8. The molecule has 1 aromatic carbocycles. The molecule has 18 heavy (non-hydrogen) atoms. The van der Waals surface area contributed by atoms with Crippen LogP contribution in [0, 0.1) is 0 Å². The zero-order valence-corrected chi connectivity index (χ0v) is 12.1. The van der Waals surface area contributed by atoms with Crippen molar-refractivity contribution in [1.29, 1.82) is 0 Å². The first-order valence-corrected chi connectivity index (χ1v) is 7.53. The van der Waals surface area contributed by atoms with Gasteiger partial charge in [-0.1, -0.05) is 0 Å². The van der Waals surface area contributed by atoms with Crippen LogP contribution in [-0.4, -0.2) is 33.6 Å². The molecule has 0 spiro atoms. The number of hydrogen-bond donors (Lipinski definition) is 1. The van der Waals surface area contributed by atoms with Crippen LogP contribution in [0.3, 0.4) is 0 Å². The lowest BCUT2D eigenvalue weighted by molar-refractivity contribution is 0.352. The fourth-order valence-electron chi connectivity index (χ4n) is 2.50. The van der Waals surface area contributed by atoms with Crippen LogP contribution in [0.2, 0.25) is 0 Å². The maximum Gasteiger partial charge on any atom is 0.161 e. The number of piperidine rings is 1. The third-order valence-corrected chi connectivity index (χ3v) is 4.31. The molecular formula is C14H21NO2S. The van der Waals surface area contributed by atoms with Crippen LogP contribution in [0.4, 0.5) is 0 Å². The molecular weight excluding hydrogens is 246 g/mol. The van der Waals surface area contributed by atoms with Crippen LogP contribution in [0.5, 0.6) is 11.5 Å². The van der Waals surface area contributed by atoms with Crippen molar-refractivity contribution >= 4 is 11.8 Å². The Morgan fingerprint density at radius 1 is 1.11 bits per heavy atom. The highest BCUT2D eigenvalue weighted by atomic mass is 32.2. The molecule has 1 saturated heterocycles. The Morgan fingerprint density at radius 2 is 1.72 bits per heavy atom. The number of thioether (sulfide) groups is 1. The van der Waals surface area contributed by atoms with E-state index in [0.29, 0.717) is 5.92 Å². The fraction of sp³-hybridized carbons (Fsp3) is 0.571. The van der Waals surface area contributed by atoms with E-state index in [2.05, 4.69) is 23.7 Å². The van der Waals surface area contributed by atoms with E-state index in [1.54, 1.807) is 26.0 Å². The summed E-state index contributed by atoms with van der Waals surface area (Å²) in [6.45, 7) is 2.21. The Hall–Kier alpha value is -0.870. The van der Waals surface area contributed by atoms with Crippen molar-refractivity contribution in [1.82, 2.24) is 5.32 Å². The van der Waals surface area contributed by atoms with E-state index in [-0.39, 0.29) is 0 Å². The monoisotopic (exact) mass is 267 g/mol. The molecule has 1 heterocycles. The van der Waals surface area contributed by atoms with Gasteiger partial charge in [-0.05, 0) is 55.8 Å². The van der Waals surface area contributed by atoms with Crippen LogP contribution in [-0.2, 0) is 0 Å². The molecule has 0 atom stereocenters. The van der Waals surface area contributed by atoms with Gasteiger partial charge in [0.05, 0.1) is 14.2 Å². The highest BCUT2D eigenvalue weighted by molar-refractivity contribution is 7.98. The summed E-state index contributed by atoms with van der Waals surface area (Å²) in [4.78, 5) is 1.31. The van der Waals surface area contributed by atoms with Crippen LogP contribution in [0.1, 0.15) is 24.3 Å². The predicted octanol–water partition coefficient (Wildman–Crippen LogP) is 2.89. The van der Waals surface area contributed by atoms with Gasteiger partial charge in [0.25, 0.3) is 0 Å². The van der Waals surface area contributed by atoms with Crippen LogP contribution >= 0.6 is 11.8 Å². The lowest BCUT2D eigenvalue weighted by Gasteiger charge is -2.25. The second-order valence-corrected chi connectivity index (χ2v) is 5.32. The minimum atomic E-state index is 0.633. The van der Waals surface area contributed by atoms with E-state index < -0.39 is 0 Å². The number of nitrogens with one attached hydrogen (secondary N) is 1. The highest BCUT2D eigenvalue weighted by Gasteiger charge is 2.20. The molecule has 1 N–H and O–H groups in total. The van der Waals surface area contributed by atoms with Crippen molar-refractivity contribution in [3.8, 4) is 11.5 Å². The van der Waals surface area contributed by atoms with E-state index in [1.165, 1.54) is 23.3 Å². The van der Waals surface area contributed by atoms with Crippen molar-refractivity contribution in [3.63, 3.8) is 0 Å². The van der Waals surface area contributed by atoms with Gasteiger partial charge < -0.3 is 14.8 Å². The molecule has 0 unspecified atom stereocenters.